The number of alkyl halides is 3. The third kappa shape index (κ3) is 6.91. The topological polar surface area (TPSA) is 94.4 Å². The van der Waals surface area contributed by atoms with Crippen LogP contribution in [0.1, 0.15) is 46.2 Å². The van der Waals surface area contributed by atoms with Gasteiger partial charge in [0.2, 0.25) is 0 Å². The average molecular weight is 622 g/mol. The van der Waals surface area contributed by atoms with Crippen LogP contribution in [0.4, 0.5) is 22.0 Å². The standard InChI is InChI=1S/C32H28F5N7O/c1-2-45-17-24-5-3-4-23(15-38)28(24)14-31(44-21-40-19-42-44,13-22-6-9-26(33)10-7-22)29(16-43-20-39-18-41-43)27-11-8-25(12-30(27)34)32(35,36)37/h3-12,18-21,29H,2,13-14,16-17H2,1H3. The molecule has 3 aromatic carbocycles. The predicted octanol–water partition coefficient (Wildman–Crippen LogP) is 6.24. The van der Waals surface area contributed by atoms with Gasteiger partial charge in [0.15, 0.2) is 0 Å². The lowest BCUT2D eigenvalue weighted by molar-refractivity contribution is -0.137. The van der Waals surface area contributed by atoms with Gasteiger partial charge in [-0.15, -0.1) is 0 Å². The van der Waals surface area contributed by atoms with Gasteiger partial charge < -0.3 is 4.74 Å². The van der Waals surface area contributed by atoms with E-state index >= 15 is 4.39 Å². The molecule has 13 heteroatoms. The molecule has 2 aromatic heterocycles. The number of nitrogens with zero attached hydrogens (tertiary/aromatic N) is 7. The van der Waals surface area contributed by atoms with Gasteiger partial charge in [0, 0.05) is 18.9 Å². The Hall–Kier alpha value is -4.96. The Morgan fingerprint density at radius 2 is 1.69 bits per heavy atom. The van der Waals surface area contributed by atoms with E-state index in [1.165, 1.54) is 46.8 Å². The van der Waals surface area contributed by atoms with Gasteiger partial charge in [-0.3, -0.25) is 4.68 Å². The molecule has 45 heavy (non-hydrogen) atoms. The quantitative estimate of drug-likeness (QED) is 0.153. The van der Waals surface area contributed by atoms with Gasteiger partial charge in [-0.2, -0.15) is 28.6 Å². The van der Waals surface area contributed by atoms with Crippen LogP contribution in [0.5, 0.6) is 0 Å². The Bertz CT molecular complexity index is 1750. The predicted molar refractivity (Wildman–Crippen MR) is 152 cm³/mol. The second-order valence-electron chi connectivity index (χ2n) is 10.5. The summed E-state index contributed by atoms with van der Waals surface area (Å²) in [6.45, 7) is 2.38. The lowest BCUT2D eigenvalue weighted by atomic mass is 9.70. The number of benzene rings is 3. The van der Waals surface area contributed by atoms with Crippen molar-refractivity contribution in [2.75, 3.05) is 6.61 Å². The van der Waals surface area contributed by atoms with Crippen molar-refractivity contribution in [3.63, 3.8) is 0 Å². The van der Waals surface area contributed by atoms with Crippen molar-refractivity contribution >= 4 is 0 Å². The van der Waals surface area contributed by atoms with Crippen LogP contribution in [0, 0.1) is 23.0 Å². The molecule has 0 spiro atoms. The fraction of sp³-hybridized carbons (Fsp3) is 0.281. The van der Waals surface area contributed by atoms with E-state index in [1.54, 1.807) is 24.3 Å². The van der Waals surface area contributed by atoms with Gasteiger partial charge in [-0.1, -0.05) is 30.3 Å². The van der Waals surface area contributed by atoms with Gasteiger partial charge in [0.25, 0.3) is 0 Å². The van der Waals surface area contributed by atoms with Gasteiger partial charge in [-0.05, 0) is 65.9 Å². The van der Waals surface area contributed by atoms with E-state index in [0.29, 0.717) is 34.9 Å². The Labute approximate surface area is 255 Å². The SMILES string of the molecule is CCOCc1cccc(C#N)c1CC(Cc1ccc(F)cc1)(C(Cn1cncn1)c1ccc(C(F)(F)F)cc1F)n1cncn1. The molecule has 0 saturated carbocycles. The molecule has 0 aliphatic carbocycles. The Balaban J connectivity index is 1.81. The minimum Gasteiger partial charge on any atom is -0.377 e. The Morgan fingerprint density at radius 3 is 2.31 bits per heavy atom. The monoisotopic (exact) mass is 621 g/mol. The highest BCUT2D eigenvalue weighted by Gasteiger charge is 2.45. The van der Waals surface area contributed by atoms with Crippen molar-refractivity contribution in [2.24, 2.45) is 0 Å². The molecule has 0 aliphatic rings. The van der Waals surface area contributed by atoms with Crippen molar-refractivity contribution in [3.8, 4) is 6.07 Å². The van der Waals surface area contributed by atoms with Crippen LogP contribution in [-0.2, 0) is 42.4 Å². The maximum Gasteiger partial charge on any atom is 0.416 e. The third-order valence-corrected chi connectivity index (χ3v) is 7.82. The van der Waals surface area contributed by atoms with Crippen LogP contribution in [-0.4, -0.2) is 36.1 Å². The third-order valence-electron chi connectivity index (χ3n) is 7.82. The minimum atomic E-state index is -4.77. The van der Waals surface area contributed by atoms with E-state index in [1.807, 2.05) is 13.0 Å². The summed E-state index contributed by atoms with van der Waals surface area (Å²) >= 11 is 0. The molecule has 2 atom stereocenters. The normalized spacial score (nSPS) is 13.7. The first kappa shape index (κ1) is 31.5. The average Bonchev–Trinajstić information content (AvgIpc) is 3.75. The summed E-state index contributed by atoms with van der Waals surface area (Å²) in [6.07, 6.45) is 0.816. The highest BCUT2D eigenvalue weighted by atomic mass is 19.4. The zero-order valence-corrected chi connectivity index (χ0v) is 24.1. The number of halogens is 5. The zero-order valence-electron chi connectivity index (χ0n) is 24.1. The summed E-state index contributed by atoms with van der Waals surface area (Å²) in [5, 5.41) is 18.9. The maximum atomic E-state index is 16.0. The molecule has 0 fully saturated rings. The van der Waals surface area contributed by atoms with Crippen molar-refractivity contribution in [1.29, 1.82) is 5.26 Å². The molecule has 8 nitrogen and oxygen atoms in total. The number of hydrogen-bond donors (Lipinski definition) is 0. The lowest BCUT2D eigenvalue weighted by Gasteiger charge is -2.42. The molecular formula is C32H28F5N7O. The number of rotatable bonds is 12. The van der Waals surface area contributed by atoms with E-state index in [4.69, 9.17) is 4.74 Å². The van der Waals surface area contributed by atoms with E-state index in [9.17, 15) is 22.8 Å². The van der Waals surface area contributed by atoms with Crippen LogP contribution in [0.25, 0.3) is 0 Å². The van der Waals surface area contributed by atoms with Crippen molar-refractivity contribution in [1.82, 2.24) is 29.5 Å². The first-order valence-electron chi connectivity index (χ1n) is 14.0. The van der Waals surface area contributed by atoms with Crippen LogP contribution < -0.4 is 0 Å². The van der Waals surface area contributed by atoms with E-state index < -0.39 is 34.8 Å². The van der Waals surface area contributed by atoms with Gasteiger partial charge >= 0.3 is 6.18 Å². The first-order valence-corrected chi connectivity index (χ1v) is 14.0. The molecule has 0 N–H and O–H groups in total. The highest BCUT2D eigenvalue weighted by molar-refractivity contribution is 5.45. The summed E-state index contributed by atoms with van der Waals surface area (Å²) in [7, 11) is 0. The summed E-state index contributed by atoms with van der Waals surface area (Å²) in [6, 6.07) is 15.6. The second-order valence-corrected chi connectivity index (χ2v) is 10.5. The van der Waals surface area contributed by atoms with Crippen LogP contribution in [0.15, 0.2) is 86.0 Å². The summed E-state index contributed by atoms with van der Waals surface area (Å²) in [5.41, 5.74) is -0.269. The smallest absolute Gasteiger partial charge is 0.377 e. The van der Waals surface area contributed by atoms with E-state index in [-0.39, 0.29) is 31.6 Å². The molecule has 232 valence electrons. The van der Waals surface area contributed by atoms with Crippen LogP contribution in [0.3, 0.4) is 0 Å². The largest absolute Gasteiger partial charge is 0.416 e. The molecule has 0 aliphatic heterocycles. The fourth-order valence-corrected chi connectivity index (χ4v) is 5.68. The fourth-order valence-electron chi connectivity index (χ4n) is 5.68. The van der Waals surface area contributed by atoms with Crippen LogP contribution >= 0.6 is 0 Å². The van der Waals surface area contributed by atoms with Crippen molar-refractivity contribution < 1.29 is 26.7 Å². The van der Waals surface area contributed by atoms with Crippen molar-refractivity contribution in [3.05, 3.63) is 131 Å². The Morgan fingerprint density at radius 1 is 0.933 bits per heavy atom. The molecule has 5 aromatic rings. The molecule has 2 heterocycles. The molecule has 0 amide bonds. The van der Waals surface area contributed by atoms with Gasteiger partial charge in [0.05, 0.1) is 35.9 Å². The van der Waals surface area contributed by atoms with E-state index in [2.05, 4.69) is 26.2 Å². The molecule has 5 rings (SSSR count). The lowest BCUT2D eigenvalue weighted by Crippen LogP contribution is -2.47. The second kappa shape index (κ2) is 13.4. The summed E-state index contributed by atoms with van der Waals surface area (Å²) in [5.74, 6) is -2.52. The number of ether oxygens (including phenoxy) is 1. The maximum absolute atomic E-state index is 16.0. The van der Waals surface area contributed by atoms with Gasteiger partial charge in [-0.25, -0.2) is 23.4 Å². The molecule has 2 unspecified atom stereocenters. The summed E-state index contributed by atoms with van der Waals surface area (Å²) < 4.78 is 79.6. The highest BCUT2D eigenvalue weighted by Crippen LogP contribution is 2.44. The number of hydrogen-bond acceptors (Lipinski definition) is 6. The van der Waals surface area contributed by atoms with E-state index in [0.717, 1.165) is 12.1 Å². The zero-order chi connectivity index (χ0) is 32.0. The van der Waals surface area contributed by atoms with Gasteiger partial charge in [0.1, 0.15) is 36.9 Å². The molecular weight excluding hydrogens is 593 g/mol. The Kier molecular flexibility index (Phi) is 9.34. The molecule has 0 radical (unpaired) electrons. The first-order chi connectivity index (χ1) is 21.6. The molecule has 0 bridgehead atoms. The molecule has 0 saturated heterocycles. The summed E-state index contributed by atoms with van der Waals surface area (Å²) in [4.78, 5) is 8.18. The number of aromatic nitrogens is 6. The van der Waals surface area contributed by atoms with Crippen LogP contribution in [0.2, 0.25) is 0 Å². The number of nitriles is 1. The van der Waals surface area contributed by atoms with Crippen molar-refractivity contribution in [2.45, 2.75) is 50.6 Å². The minimum absolute atomic E-state index is 0.0414.